The Kier molecular flexibility index (Phi) is 6.41. The Bertz CT molecular complexity index is 1160. The summed E-state index contributed by atoms with van der Waals surface area (Å²) in [7, 11) is 1.62. The van der Waals surface area contributed by atoms with Gasteiger partial charge < -0.3 is 19.7 Å². The Hall–Kier alpha value is -3.79. The van der Waals surface area contributed by atoms with E-state index in [1.165, 1.54) is 0 Å². The summed E-state index contributed by atoms with van der Waals surface area (Å²) < 4.78 is 11.0. The molecule has 1 fully saturated rings. The van der Waals surface area contributed by atoms with Gasteiger partial charge in [-0.05, 0) is 50.1 Å². The molecule has 1 saturated heterocycles. The van der Waals surface area contributed by atoms with E-state index in [2.05, 4.69) is 21.3 Å². The van der Waals surface area contributed by atoms with E-state index in [9.17, 15) is 10.1 Å². The second-order valence-electron chi connectivity index (χ2n) is 7.70. The highest BCUT2D eigenvalue weighted by Crippen LogP contribution is 2.35. The Morgan fingerprint density at radius 1 is 1.25 bits per heavy atom. The number of methoxy groups -OCH3 is 1. The van der Waals surface area contributed by atoms with Crippen LogP contribution in [0.2, 0.25) is 0 Å². The Morgan fingerprint density at radius 2 is 2.03 bits per heavy atom. The number of anilines is 2. The van der Waals surface area contributed by atoms with Crippen molar-refractivity contribution in [1.29, 1.82) is 5.26 Å². The Labute approximate surface area is 187 Å². The van der Waals surface area contributed by atoms with Crippen LogP contribution in [0.15, 0.2) is 48.7 Å². The summed E-state index contributed by atoms with van der Waals surface area (Å²) in [6.07, 6.45) is 3.01. The standard InChI is InChI=1S/C25H26N4O3/c1-3-32-23-7-5-4-6-22(23)28-25(30)17-10-12-29(13-11-17)24-18(15-26)16-27-21-9-8-19(31-2)14-20(21)24/h4-9,14,16-17H,3,10-13H2,1-2H3,(H,28,30). The molecule has 2 heterocycles. The van der Waals surface area contributed by atoms with Crippen LogP contribution in [0.1, 0.15) is 25.3 Å². The molecule has 1 amide bonds. The number of pyridine rings is 1. The van der Waals surface area contributed by atoms with E-state index in [-0.39, 0.29) is 11.8 Å². The average Bonchev–Trinajstić information content (AvgIpc) is 2.84. The van der Waals surface area contributed by atoms with Crippen LogP contribution in [0.5, 0.6) is 11.5 Å². The van der Waals surface area contributed by atoms with Gasteiger partial charge in [0.2, 0.25) is 5.91 Å². The molecule has 32 heavy (non-hydrogen) atoms. The molecule has 7 nitrogen and oxygen atoms in total. The van der Waals surface area contributed by atoms with Gasteiger partial charge in [0.25, 0.3) is 0 Å². The first-order valence-corrected chi connectivity index (χ1v) is 10.8. The number of aromatic nitrogens is 1. The number of nitrogens with zero attached hydrogens (tertiary/aromatic N) is 3. The SMILES string of the molecule is CCOc1ccccc1NC(=O)C1CCN(c2c(C#N)cnc3ccc(OC)cc23)CC1. The number of nitriles is 1. The van der Waals surface area contributed by atoms with E-state index in [4.69, 9.17) is 9.47 Å². The van der Waals surface area contributed by atoms with Crippen molar-refractivity contribution >= 4 is 28.2 Å². The van der Waals surface area contributed by atoms with Crippen molar-refractivity contribution in [2.75, 3.05) is 37.0 Å². The molecule has 164 valence electrons. The minimum atomic E-state index is -0.103. The summed E-state index contributed by atoms with van der Waals surface area (Å²) in [5.74, 6) is 1.29. The molecular weight excluding hydrogens is 404 g/mol. The van der Waals surface area contributed by atoms with Crippen LogP contribution < -0.4 is 19.7 Å². The fourth-order valence-electron chi connectivity index (χ4n) is 4.16. The number of carbonyl (C=O) groups excluding carboxylic acids is 1. The highest BCUT2D eigenvalue weighted by molar-refractivity contribution is 5.96. The molecule has 7 heteroatoms. The predicted octanol–water partition coefficient (Wildman–Crippen LogP) is 4.37. The molecule has 0 bridgehead atoms. The summed E-state index contributed by atoms with van der Waals surface area (Å²) in [5, 5.41) is 13.6. The monoisotopic (exact) mass is 430 g/mol. The third kappa shape index (κ3) is 4.30. The number of amides is 1. The van der Waals surface area contributed by atoms with Gasteiger partial charge in [0.15, 0.2) is 0 Å². The maximum atomic E-state index is 12.9. The Balaban J connectivity index is 1.51. The predicted molar refractivity (Wildman–Crippen MR) is 124 cm³/mol. The number of carbonyl (C=O) groups is 1. The first-order valence-electron chi connectivity index (χ1n) is 10.8. The van der Waals surface area contributed by atoms with Crippen molar-refractivity contribution in [2.24, 2.45) is 5.92 Å². The molecule has 0 atom stereocenters. The highest BCUT2D eigenvalue weighted by atomic mass is 16.5. The van der Waals surface area contributed by atoms with E-state index < -0.39 is 0 Å². The number of rotatable bonds is 6. The number of piperidine rings is 1. The summed E-state index contributed by atoms with van der Waals surface area (Å²) in [4.78, 5) is 19.5. The number of ether oxygens (including phenoxy) is 2. The van der Waals surface area contributed by atoms with Crippen LogP contribution in [0.3, 0.4) is 0 Å². The van der Waals surface area contributed by atoms with Gasteiger partial charge in [0.05, 0.1) is 36.2 Å². The van der Waals surface area contributed by atoms with E-state index in [0.717, 1.165) is 22.3 Å². The van der Waals surface area contributed by atoms with Crippen molar-refractivity contribution in [3.05, 3.63) is 54.2 Å². The maximum Gasteiger partial charge on any atom is 0.227 e. The molecule has 1 aliphatic rings. The molecule has 0 spiro atoms. The van der Waals surface area contributed by atoms with Crippen LogP contribution in [-0.2, 0) is 4.79 Å². The first-order chi connectivity index (χ1) is 15.6. The highest BCUT2D eigenvalue weighted by Gasteiger charge is 2.28. The zero-order valence-corrected chi connectivity index (χ0v) is 18.3. The van der Waals surface area contributed by atoms with E-state index in [1.807, 2.05) is 49.4 Å². The molecule has 1 aliphatic heterocycles. The lowest BCUT2D eigenvalue weighted by atomic mass is 9.94. The largest absolute Gasteiger partial charge is 0.497 e. The number of benzene rings is 2. The fraction of sp³-hybridized carbons (Fsp3) is 0.320. The molecule has 1 aromatic heterocycles. The van der Waals surface area contributed by atoms with Crippen molar-refractivity contribution in [2.45, 2.75) is 19.8 Å². The lowest BCUT2D eigenvalue weighted by molar-refractivity contribution is -0.120. The van der Waals surface area contributed by atoms with Gasteiger partial charge in [-0.2, -0.15) is 5.26 Å². The quantitative estimate of drug-likeness (QED) is 0.625. The third-order valence-corrected chi connectivity index (χ3v) is 5.79. The van der Waals surface area contributed by atoms with E-state index in [0.29, 0.717) is 49.5 Å². The number of fused-ring (bicyclic) bond motifs is 1. The van der Waals surface area contributed by atoms with Crippen LogP contribution in [0.4, 0.5) is 11.4 Å². The smallest absolute Gasteiger partial charge is 0.227 e. The Morgan fingerprint density at radius 3 is 2.75 bits per heavy atom. The van der Waals surface area contributed by atoms with Crippen molar-refractivity contribution in [3.8, 4) is 17.6 Å². The lowest BCUT2D eigenvalue weighted by Gasteiger charge is -2.34. The minimum absolute atomic E-state index is 0.00133. The molecule has 1 N–H and O–H groups in total. The molecule has 2 aromatic carbocycles. The molecule has 0 aliphatic carbocycles. The molecule has 4 rings (SSSR count). The van der Waals surface area contributed by atoms with Gasteiger partial charge >= 0.3 is 0 Å². The number of hydrogen-bond acceptors (Lipinski definition) is 6. The van der Waals surface area contributed by atoms with Gasteiger partial charge in [0, 0.05) is 30.6 Å². The first kappa shape index (κ1) is 21.4. The van der Waals surface area contributed by atoms with Gasteiger partial charge in [-0.25, -0.2) is 0 Å². The minimum Gasteiger partial charge on any atom is -0.497 e. The summed E-state index contributed by atoms with van der Waals surface area (Å²) in [6, 6.07) is 15.4. The van der Waals surface area contributed by atoms with Gasteiger partial charge in [-0.15, -0.1) is 0 Å². The maximum absolute atomic E-state index is 12.9. The molecule has 0 radical (unpaired) electrons. The topological polar surface area (TPSA) is 87.5 Å². The average molecular weight is 431 g/mol. The van der Waals surface area contributed by atoms with Crippen molar-refractivity contribution < 1.29 is 14.3 Å². The summed E-state index contributed by atoms with van der Waals surface area (Å²) in [5.41, 5.74) is 2.89. The number of para-hydroxylation sites is 2. The van der Waals surface area contributed by atoms with Gasteiger partial charge in [0.1, 0.15) is 17.6 Å². The van der Waals surface area contributed by atoms with Crippen molar-refractivity contribution in [3.63, 3.8) is 0 Å². The lowest BCUT2D eigenvalue weighted by Crippen LogP contribution is -2.38. The zero-order valence-electron chi connectivity index (χ0n) is 18.3. The van der Waals surface area contributed by atoms with Gasteiger partial charge in [-0.3, -0.25) is 9.78 Å². The summed E-state index contributed by atoms with van der Waals surface area (Å²) >= 11 is 0. The van der Waals surface area contributed by atoms with Crippen LogP contribution >= 0.6 is 0 Å². The molecule has 0 unspecified atom stereocenters. The van der Waals surface area contributed by atoms with Crippen LogP contribution in [-0.4, -0.2) is 37.7 Å². The van der Waals surface area contributed by atoms with Crippen LogP contribution in [0, 0.1) is 17.2 Å². The van der Waals surface area contributed by atoms with Crippen molar-refractivity contribution in [1.82, 2.24) is 4.98 Å². The normalized spacial score (nSPS) is 14.1. The number of nitrogens with one attached hydrogen (secondary N) is 1. The van der Waals surface area contributed by atoms with E-state index >= 15 is 0 Å². The third-order valence-electron chi connectivity index (χ3n) is 5.79. The van der Waals surface area contributed by atoms with Gasteiger partial charge in [-0.1, -0.05) is 12.1 Å². The second-order valence-corrected chi connectivity index (χ2v) is 7.70. The molecule has 3 aromatic rings. The van der Waals surface area contributed by atoms with E-state index in [1.54, 1.807) is 13.3 Å². The summed E-state index contributed by atoms with van der Waals surface area (Å²) in [6.45, 7) is 3.81. The number of hydrogen-bond donors (Lipinski definition) is 1. The molecular formula is C25H26N4O3. The molecule has 0 saturated carbocycles. The van der Waals surface area contributed by atoms with Crippen LogP contribution in [0.25, 0.3) is 10.9 Å². The fourth-order valence-corrected chi connectivity index (χ4v) is 4.16. The second kappa shape index (κ2) is 9.56. The zero-order chi connectivity index (χ0) is 22.5.